The molecule has 34 heavy (non-hydrogen) atoms. The van der Waals surface area contributed by atoms with Crippen molar-refractivity contribution in [3.05, 3.63) is 76.2 Å². The number of carboxylic acid groups (broad SMARTS) is 1. The van der Waals surface area contributed by atoms with Crippen LogP contribution in [0.25, 0.3) is 10.9 Å². The number of ketones is 1. The Kier molecular flexibility index (Phi) is 7.09. The van der Waals surface area contributed by atoms with E-state index in [1.165, 1.54) is 11.3 Å². The van der Waals surface area contributed by atoms with Crippen molar-refractivity contribution in [1.29, 1.82) is 0 Å². The molecule has 0 spiro atoms. The van der Waals surface area contributed by atoms with Gasteiger partial charge in [-0.3, -0.25) is 19.9 Å². The van der Waals surface area contributed by atoms with Crippen LogP contribution in [0.15, 0.2) is 48.1 Å². The van der Waals surface area contributed by atoms with Gasteiger partial charge in [-0.15, -0.1) is 11.3 Å². The number of nitrogens with zero attached hydrogens (tertiary/aromatic N) is 2. The van der Waals surface area contributed by atoms with Gasteiger partial charge in [-0.25, -0.2) is 9.78 Å². The molecule has 0 aliphatic carbocycles. The smallest absolute Gasteiger partial charge is 0.352 e. The van der Waals surface area contributed by atoms with Crippen molar-refractivity contribution >= 4 is 45.0 Å². The van der Waals surface area contributed by atoms with Crippen LogP contribution >= 0.6 is 11.3 Å². The number of aromatic nitrogens is 3. The van der Waals surface area contributed by atoms with Gasteiger partial charge in [-0.05, 0) is 67.3 Å². The summed E-state index contributed by atoms with van der Waals surface area (Å²) in [5.41, 5.74) is 8.65. The Balaban J connectivity index is 1.47. The number of amides is 1. The number of nitrogens with one attached hydrogen (secondary N) is 2. The fraction of sp³-hybridized carbons (Fsp3) is 0.208. The Bertz CT molecular complexity index is 1350. The molecule has 0 atom stereocenters. The van der Waals surface area contributed by atoms with Crippen LogP contribution in [0.3, 0.4) is 0 Å². The number of anilines is 1. The van der Waals surface area contributed by atoms with E-state index in [1.54, 1.807) is 36.0 Å². The van der Waals surface area contributed by atoms with Crippen molar-refractivity contribution < 1.29 is 19.5 Å². The molecule has 4 aromatic rings. The zero-order valence-electron chi connectivity index (χ0n) is 18.2. The molecule has 0 bridgehead atoms. The zero-order chi connectivity index (χ0) is 24.1. The Labute approximate surface area is 199 Å². The van der Waals surface area contributed by atoms with Crippen molar-refractivity contribution in [2.75, 3.05) is 11.9 Å². The largest absolute Gasteiger partial charge is 0.477 e. The molecule has 9 nitrogen and oxygen atoms in total. The van der Waals surface area contributed by atoms with E-state index in [9.17, 15) is 19.5 Å². The van der Waals surface area contributed by atoms with Crippen LogP contribution in [-0.4, -0.2) is 44.3 Å². The number of hydrogen-bond donors (Lipinski definition) is 4. The van der Waals surface area contributed by atoms with E-state index in [4.69, 9.17) is 5.73 Å². The highest BCUT2D eigenvalue weighted by Crippen LogP contribution is 2.26. The number of thiazole rings is 1. The predicted molar refractivity (Wildman–Crippen MR) is 130 cm³/mol. The molecule has 0 radical (unpaired) electrons. The van der Waals surface area contributed by atoms with Gasteiger partial charge in [0.25, 0.3) is 5.91 Å². The van der Waals surface area contributed by atoms with Crippen LogP contribution in [0.2, 0.25) is 0 Å². The maximum Gasteiger partial charge on any atom is 0.352 e. The van der Waals surface area contributed by atoms with E-state index in [-0.39, 0.29) is 11.5 Å². The first-order valence-corrected chi connectivity index (χ1v) is 11.6. The predicted octanol–water partition coefficient (Wildman–Crippen LogP) is 3.68. The third-order valence-electron chi connectivity index (χ3n) is 5.41. The molecule has 0 fully saturated rings. The molecule has 5 N–H and O–H groups in total. The number of nitrogens with two attached hydrogens (primary N) is 1. The maximum atomic E-state index is 12.8. The molecule has 1 amide bonds. The molecule has 1 aromatic carbocycles. The van der Waals surface area contributed by atoms with Gasteiger partial charge in [-0.2, -0.15) is 0 Å². The highest BCUT2D eigenvalue weighted by molar-refractivity contribution is 7.14. The van der Waals surface area contributed by atoms with Crippen LogP contribution in [0.5, 0.6) is 0 Å². The third-order valence-corrected chi connectivity index (χ3v) is 6.17. The molecule has 3 aromatic heterocycles. The Hall–Kier alpha value is -3.89. The average molecular weight is 478 g/mol. The Morgan fingerprint density at radius 2 is 1.91 bits per heavy atom. The number of hydrogen-bond acceptors (Lipinski definition) is 7. The van der Waals surface area contributed by atoms with Gasteiger partial charge in [0, 0.05) is 40.7 Å². The van der Waals surface area contributed by atoms with Crippen LogP contribution < -0.4 is 11.1 Å². The zero-order valence-corrected chi connectivity index (χ0v) is 19.0. The number of aromatic amines is 1. The topological polar surface area (TPSA) is 151 Å². The van der Waals surface area contributed by atoms with Crippen molar-refractivity contribution in [3.8, 4) is 0 Å². The Morgan fingerprint density at radius 1 is 1.12 bits per heavy atom. The van der Waals surface area contributed by atoms with E-state index in [0.717, 1.165) is 5.56 Å². The average Bonchev–Trinajstić information content (AvgIpc) is 3.46. The number of aryl methyl sites for hydroxylation is 2. The summed E-state index contributed by atoms with van der Waals surface area (Å²) in [6, 6.07) is 8.68. The van der Waals surface area contributed by atoms with Gasteiger partial charge >= 0.3 is 5.97 Å². The minimum absolute atomic E-state index is 0.104. The number of Topliss-reactive ketones (excluding diaryl/α,β-unsaturated/α-hetero) is 1. The van der Waals surface area contributed by atoms with Crippen molar-refractivity contribution in [1.82, 2.24) is 15.0 Å². The first-order chi connectivity index (χ1) is 16.5. The molecule has 0 aliphatic rings. The second-order valence-electron chi connectivity index (χ2n) is 7.71. The molecular formula is C24H23N5O4S. The minimum Gasteiger partial charge on any atom is -0.477 e. The number of aromatic carboxylic acids is 1. The normalized spacial score (nSPS) is 11.0. The SMILES string of the molecule is NCCCc1c(C(=O)O)[nH]c2ccc(C(=O)Nc3nc(C(=O)CCc4ccncc4)cs3)cc12. The standard InChI is InChI=1S/C24H23N5O4S/c25-9-1-2-16-17-12-15(4-5-18(17)27-21(16)23(32)33)22(31)29-24-28-19(13-34-24)20(30)6-3-14-7-10-26-11-8-14/h4-5,7-8,10-13,27H,1-3,6,9,25H2,(H,32,33)(H,28,29,31). The van der Waals surface area contributed by atoms with Crippen LogP contribution in [-0.2, 0) is 12.8 Å². The summed E-state index contributed by atoms with van der Waals surface area (Å²) in [6.45, 7) is 0.430. The number of carbonyl (C=O) groups excluding carboxylic acids is 2. The molecule has 4 rings (SSSR count). The highest BCUT2D eigenvalue weighted by atomic mass is 32.1. The summed E-state index contributed by atoms with van der Waals surface area (Å²) in [5, 5.41) is 14.9. The first-order valence-electron chi connectivity index (χ1n) is 10.7. The van der Waals surface area contributed by atoms with Gasteiger partial charge < -0.3 is 15.8 Å². The minimum atomic E-state index is -1.06. The number of benzene rings is 1. The van der Waals surface area contributed by atoms with Gasteiger partial charge in [0.1, 0.15) is 11.4 Å². The molecule has 0 saturated heterocycles. The lowest BCUT2D eigenvalue weighted by atomic mass is 10.0. The van der Waals surface area contributed by atoms with Gasteiger partial charge in [-0.1, -0.05) is 0 Å². The van der Waals surface area contributed by atoms with Gasteiger partial charge in [0.05, 0.1) is 0 Å². The number of carboxylic acids is 1. The maximum absolute atomic E-state index is 12.8. The van der Waals surface area contributed by atoms with E-state index in [1.807, 2.05) is 12.1 Å². The summed E-state index contributed by atoms with van der Waals surface area (Å²) in [4.78, 5) is 48.1. The number of carbonyl (C=O) groups is 3. The second-order valence-corrected chi connectivity index (χ2v) is 8.57. The molecule has 3 heterocycles. The quantitative estimate of drug-likeness (QED) is 0.254. The summed E-state index contributed by atoms with van der Waals surface area (Å²) in [5.74, 6) is -1.55. The summed E-state index contributed by atoms with van der Waals surface area (Å²) in [7, 11) is 0. The van der Waals surface area contributed by atoms with Crippen molar-refractivity contribution in [2.24, 2.45) is 5.73 Å². The van der Waals surface area contributed by atoms with Crippen molar-refractivity contribution in [3.63, 3.8) is 0 Å². The van der Waals surface area contributed by atoms with Gasteiger partial charge in [0.15, 0.2) is 10.9 Å². The fourth-order valence-corrected chi connectivity index (χ4v) is 4.38. The molecule has 0 saturated carbocycles. The number of rotatable bonds is 10. The lowest BCUT2D eigenvalue weighted by Gasteiger charge is -2.04. The number of H-pyrrole nitrogens is 1. The second kappa shape index (κ2) is 10.4. The van der Waals surface area contributed by atoms with E-state index >= 15 is 0 Å². The van der Waals surface area contributed by atoms with E-state index < -0.39 is 11.9 Å². The van der Waals surface area contributed by atoms with Crippen LogP contribution in [0, 0.1) is 0 Å². The lowest BCUT2D eigenvalue weighted by molar-refractivity contribution is 0.0690. The first kappa shape index (κ1) is 23.3. The third kappa shape index (κ3) is 5.19. The molecule has 174 valence electrons. The number of pyridine rings is 1. The van der Waals surface area contributed by atoms with Crippen molar-refractivity contribution in [2.45, 2.75) is 25.7 Å². The fourth-order valence-electron chi connectivity index (χ4n) is 3.67. The van der Waals surface area contributed by atoms with Gasteiger partial charge in [0.2, 0.25) is 0 Å². The van der Waals surface area contributed by atoms with Crippen LogP contribution in [0.1, 0.15) is 55.3 Å². The number of fused-ring (bicyclic) bond motifs is 1. The lowest BCUT2D eigenvalue weighted by Crippen LogP contribution is -2.12. The monoisotopic (exact) mass is 477 g/mol. The molecular weight excluding hydrogens is 454 g/mol. The van der Waals surface area contributed by atoms with E-state index in [2.05, 4.69) is 20.3 Å². The van der Waals surface area contributed by atoms with E-state index in [0.29, 0.717) is 65.1 Å². The molecule has 0 unspecified atom stereocenters. The molecule has 0 aliphatic heterocycles. The summed E-state index contributed by atoms with van der Waals surface area (Å²) in [6.07, 6.45) is 5.38. The highest BCUT2D eigenvalue weighted by Gasteiger charge is 2.19. The summed E-state index contributed by atoms with van der Waals surface area (Å²) < 4.78 is 0. The van der Waals surface area contributed by atoms with Crippen LogP contribution in [0.4, 0.5) is 5.13 Å². The summed E-state index contributed by atoms with van der Waals surface area (Å²) >= 11 is 1.18. The molecule has 10 heteroatoms. The Morgan fingerprint density at radius 3 is 2.65 bits per heavy atom.